The predicted octanol–water partition coefficient (Wildman–Crippen LogP) is 4.53. The summed E-state index contributed by atoms with van der Waals surface area (Å²) in [6, 6.07) is 22.6. The average Bonchev–Trinajstić information content (AvgIpc) is 3.35. The maximum Gasteiger partial charge on any atom is 0.266 e. The summed E-state index contributed by atoms with van der Waals surface area (Å²) >= 11 is 3.63. The predicted molar refractivity (Wildman–Crippen MR) is 154 cm³/mol. The summed E-state index contributed by atoms with van der Waals surface area (Å²) in [4.78, 5) is 19.0. The van der Waals surface area contributed by atoms with E-state index >= 15 is 0 Å². The Bertz CT molecular complexity index is 1310. The zero-order chi connectivity index (χ0) is 27.7. The Morgan fingerprint density at radius 3 is 2.67 bits per heavy atom. The molecular weight excluding hydrogens is 562 g/mol. The Hall–Kier alpha value is -3.66. The Balaban J connectivity index is 1.79. The number of hydrogen-bond donors (Lipinski definition) is 3. The second kappa shape index (κ2) is 13.4. The number of halogens is 1. The van der Waals surface area contributed by atoms with E-state index in [1.165, 1.54) is 0 Å². The minimum Gasteiger partial charge on any atom is -0.497 e. The van der Waals surface area contributed by atoms with Crippen LogP contribution in [0.3, 0.4) is 0 Å². The molecule has 0 spiro atoms. The van der Waals surface area contributed by atoms with E-state index < -0.39 is 11.6 Å². The van der Waals surface area contributed by atoms with Crippen molar-refractivity contribution < 1.29 is 24.1 Å². The van der Waals surface area contributed by atoms with Gasteiger partial charge in [0, 0.05) is 36.0 Å². The number of nitrogens with one attached hydrogen (secondary N) is 2. The summed E-state index contributed by atoms with van der Waals surface area (Å²) in [5.41, 5.74) is 6.73. The van der Waals surface area contributed by atoms with Crippen LogP contribution in [-0.4, -0.2) is 49.3 Å². The molecule has 39 heavy (non-hydrogen) atoms. The Morgan fingerprint density at radius 1 is 1.15 bits per heavy atom. The molecule has 1 aliphatic rings. The van der Waals surface area contributed by atoms with Crippen LogP contribution in [0.2, 0.25) is 0 Å². The standard InChI is InChI=1S/C30H32BrN3O5/c1-3-16-32-34-29(36)30(20-23-8-4-5-11-26(23)31)27(22-9-6-10-25(19-22)37-2)39-28(33-30)21-12-14-24(15-13-21)38-18-7-17-35/h3-6,8-15,19,27,32,35H,1,7,16-18,20H2,2H3,(H,34,36)/t27-,30-/m0/s1. The van der Waals surface area contributed by atoms with E-state index in [-0.39, 0.29) is 18.9 Å². The van der Waals surface area contributed by atoms with Crippen molar-refractivity contribution in [3.05, 3.63) is 107 Å². The molecule has 0 aromatic heterocycles. The molecule has 0 saturated heterocycles. The molecule has 2 atom stereocenters. The monoisotopic (exact) mass is 593 g/mol. The molecule has 3 N–H and O–H groups in total. The highest BCUT2D eigenvalue weighted by molar-refractivity contribution is 9.10. The number of carbonyl (C=O) groups excluding carboxylic acids is 1. The number of nitrogens with zero attached hydrogens (tertiary/aromatic N) is 1. The number of methoxy groups -OCH3 is 1. The second-order valence-electron chi connectivity index (χ2n) is 8.96. The minimum atomic E-state index is -1.35. The fourth-order valence-corrected chi connectivity index (χ4v) is 4.76. The number of rotatable bonds is 13. The third-order valence-electron chi connectivity index (χ3n) is 6.29. The van der Waals surface area contributed by atoms with E-state index in [1.807, 2.05) is 72.8 Å². The first-order chi connectivity index (χ1) is 19.0. The maximum atomic E-state index is 14.0. The van der Waals surface area contributed by atoms with E-state index in [9.17, 15) is 4.79 Å². The lowest BCUT2D eigenvalue weighted by atomic mass is 9.82. The van der Waals surface area contributed by atoms with Gasteiger partial charge in [0.1, 0.15) is 11.5 Å². The summed E-state index contributed by atoms with van der Waals surface area (Å²) in [5.74, 6) is 1.32. The van der Waals surface area contributed by atoms with Crippen LogP contribution in [0.15, 0.2) is 94.9 Å². The van der Waals surface area contributed by atoms with E-state index in [2.05, 4.69) is 33.4 Å². The third-order valence-corrected chi connectivity index (χ3v) is 7.07. The molecule has 4 rings (SSSR count). The van der Waals surface area contributed by atoms with Crippen LogP contribution in [-0.2, 0) is 16.0 Å². The van der Waals surface area contributed by atoms with Crippen molar-refractivity contribution in [1.82, 2.24) is 10.9 Å². The zero-order valence-electron chi connectivity index (χ0n) is 21.7. The Morgan fingerprint density at radius 2 is 1.95 bits per heavy atom. The molecule has 3 aromatic carbocycles. The molecule has 0 unspecified atom stereocenters. The number of hydrogen-bond acceptors (Lipinski definition) is 7. The van der Waals surface area contributed by atoms with E-state index in [0.717, 1.165) is 15.6 Å². The normalized spacial score (nSPS) is 18.1. The lowest BCUT2D eigenvalue weighted by molar-refractivity contribution is -0.129. The number of benzene rings is 3. The summed E-state index contributed by atoms with van der Waals surface area (Å²) in [6.45, 7) is 4.57. The van der Waals surface area contributed by atoms with E-state index in [0.29, 0.717) is 42.5 Å². The van der Waals surface area contributed by atoms with Crippen molar-refractivity contribution in [1.29, 1.82) is 0 Å². The molecule has 0 aliphatic carbocycles. The quantitative estimate of drug-likeness (QED) is 0.153. The van der Waals surface area contributed by atoms with Crippen LogP contribution in [0.4, 0.5) is 0 Å². The van der Waals surface area contributed by atoms with Crippen LogP contribution >= 0.6 is 15.9 Å². The highest BCUT2D eigenvalue weighted by Crippen LogP contribution is 2.44. The number of aliphatic hydroxyl groups excluding tert-OH is 1. The molecule has 9 heteroatoms. The molecule has 0 saturated carbocycles. The number of hydrazine groups is 1. The first-order valence-corrected chi connectivity index (χ1v) is 13.4. The van der Waals surface area contributed by atoms with Gasteiger partial charge in [0.05, 0.1) is 13.7 Å². The first kappa shape index (κ1) is 28.4. The van der Waals surface area contributed by atoms with Gasteiger partial charge in [0.15, 0.2) is 11.6 Å². The SMILES string of the molecule is C=CCNNC(=O)[C@@]1(Cc2ccccc2Br)N=C(c2ccc(OCCCO)cc2)O[C@H]1c1cccc(OC)c1. The molecule has 8 nitrogen and oxygen atoms in total. The summed E-state index contributed by atoms with van der Waals surface area (Å²) in [5, 5.41) is 9.00. The minimum absolute atomic E-state index is 0.0672. The van der Waals surface area contributed by atoms with Crippen LogP contribution in [0.1, 0.15) is 29.2 Å². The van der Waals surface area contributed by atoms with Gasteiger partial charge in [-0.1, -0.05) is 52.3 Å². The number of carbonyl (C=O) groups is 1. The zero-order valence-corrected chi connectivity index (χ0v) is 23.3. The number of amides is 1. The van der Waals surface area contributed by atoms with Gasteiger partial charge >= 0.3 is 0 Å². The molecule has 204 valence electrons. The summed E-state index contributed by atoms with van der Waals surface area (Å²) < 4.78 is 18.5. The van der Waals surface area contributed by atoms with Gasteiger partial charge in [-0.2, -0.15) is 0 Å². The second-order valence-corrected chi connectivity index (χ2v) is 9.81. The van der Waals surface area contributed by atoms with Gasteiger partial charge < -0.3 is 19.3 Å². The summed E-state index contributed by atoms with van der Waals surface area (Å²) in [7, 11) is 1.60. The van der Waals surface area contributed by atoms with Crippen molar-refractivity contribution in [2.24, 2.45) is 4.99 Å². The largest absolute Gasteiger partial charge is 0.497 e. The molecule has 3 aromatic rings. The molecule has 0 fully saturated rings. The Labute approximate surface area is 236 Å². The van der Waals surface area contributed by atoms with E-state index in [1.54, 1.807) is 13.2 Å². The highest BCUT2D eigenvalue weighted by Gasteiger charge is 2.53. The van der Waals surface area contributed by atoms with Crippen molar-refractivity contribution in [2.75, 3.05) is 26.9 Å². The van der Waals surface area contributed by atoms with Gasteiger partial charge in [-0.25, -0.2) is 10.4 Å². The van der Waals surface area contributed by atoms with Crippen molar-refractivity contribution >= 4 is 27.7 Å². The fraction of sp³-hybridized carbons (Fsp3) is 0.267. The topological polar surface area (TPSA) is 101 Å². The van der Waals surface area contributed by atoms with Crippen LogP contribution in [0, 0.1) is 0 Å². The first-order valence-electron chi connectivity index (χ1n) is 12.6. The van der Waals surface area contributed by atoms with Crippen LogP contribution in [0.25, 0.3) is 0 Å². The lowest BCUT2D eigenvalue weighted by Crippen LogP contribution is -2.54. The van der Waals surface area contributed by atoms with Gasteiger partial charge in [-0.05, 0) is 53.6 Å². The molecule has 0 bridgehead atoms. The Kier molecular flexibility index (Phi) is 9.75. The molecule has 1 aliphatic heterocycles. The van der Waals surface area contributed by atoms with Gasteiger partial charge in [-0.3, -0.25) is 10.2 Å². The number of aliphatic imine (C=N–C) groups is 1. The van der Waals surface area contributed by atoms with Crippen molar-refractivity contribution in [3.63, 3.8) is 0 Å². The lowest BCUT2D eigenvalue weighted by Gasteiger charge is -2.31. The van der Waals surface area contributed by atoms with Gasteiger partial charge in [0.25, 0.3) is 5.91 Å². The van der Waals surface area contributed by atoms with Gasteiger partial charge in [0.2, 0.25) is 5.90 Å². The van der Waals surface area contributed by atoms with E-state index in [4.69, 9.17) is 24.3 Å². The fourth-order valence-electron chi connectivity index (χ4n) is 4.33. The molecule has 1 amide bonds. The van der Waals surface area contributed by atoms with Gasteiger partial charge in [-0.15, -0.1) is 6.58 Å². The highest BCUT2D eigenvalue weighted by atomic mass is 79.9. The van der Waals surface area contributed by atoms with Crippen LogP contribution in [0.5, 0.6) is 11.5 Å². The van der Waals surface area contributed by atoms with Crippen molar-refractivity contribution in [2.45, 2.75) is 24.5 Å². The average molecular weight is 595 g/mol. The molecule has 0 radical (unpaired) electrons. The number of ether oxygens (including phenoxy) is 3. The maximum absolute atomic E-state index is 14.0. The number of aliphatic hydroxyl groups is 1. The smallest absolute Gasteiger partial charge is 0.266 e. The third kappa shape index (κ3) is 6.68. The molecular formula is C30H32BrN3O5. The van der Waals surface area contributed by atoms with Crippen LogP contribution < -0.4 is 20.3 Å². The van der Waals surface area contributed by atoms with Crippen molar-refractivity contribution in [3.8, 4) is 11.5 Å². The summed E-state index contributed by atoms with van der Waals surface area (Å²) in [6.07, 6.45) is 1.72. The molecule has 1 heterocycles.